The van der Waals surface area contributed by atoms with E-state index >= 15 is 0 Å². The summed E-state index contributed by atoms with van der Waals surface area (Å²) in [4.78, 5) is 35.7. The summed E-state index contributed by atoms with van der Waals surface area (Å²) in [5, 5.41) is 9.12. The zero-order valence-corrected chi connectivity index (χ0v) is 11.2. The molecule has 0 fully saturated rings. The molecule has 0 spiro atoms. The normalized spacial score (nSPS) is 21.8. The smallest absolute Gasteiger partial charge is 0.307 e. The maximum Gasteiger partial charge on any atom is 0.307 e. The monoisotopic (exact) mass is 269 g/mol. The van der Waals surface area contributed by atoms with Crippen molar-refractivity contribution in [3.05, 3.63) is 12.2 Å². The SMILES string of the molecule is COC(=O)CCN(C)C(=O)[C@@H]1CC=CC[C@@H]1C(=O)O. The molecule has 0 aromatic heterocycles. The summed E-state index contributed by atoms with van der Waals surface area (Å²) in [6, 6.07) is 0. The number of hydrogen-bond donors (Lipinski definition) is 1. The van der Waals surface area contributed by atoms with Gasteiger partial charge in [-0.1, -0.05) is 12.2 Å². The molecule has 6 nitrogen and oxygen atoms in total. The van der Waals surface area contributed by atoms with Crippen molar-refractivity contribution in [2.45, 2.75) is 19.3 Å². The first-order valence-corrected chi connectivity index (χ1v) is 6.17. The lowest BCUT2D eigenvalue weighted by Crippen LogP contribution is -2.40. The first kappa shape index (κ1) is 15.2. The Morgan fingerprint density at radius 1 is 1.26 bits per heavy atom. The molecule has 2 atom stereocenters. The number of allylic oxidation sites excluding steroid dienone is 2. The molecular formula is C13H19NO5. The highest BCUT2D eigenvalue weighted by Crippen LogP contribution is 2.27. The summed E-state index contributed by atoms with van der Waals surface area (Å²) in [5.41, 5.74) is 0. The molecule has 106 valence electrons. The van der Waals surface area contributed by atoms with Gasteiger partial charge in [0.1, 0.15) is 0 Å². The first-order chi connectivity index (χ1) is 8.97. The number of rotatable bonds is 5. The van der Waals surface area contributed by atoms with Crippen molar-refractivity contribution in [3.63, 3.8) is 0 Å². The van der Waals surface area contributed by atoms with Crippen LogP contribution in [-0.4, -0.2) is 48.6 Å². The van der Waals surface area contributed by atoms with Crippen LogP contribution >= 0.6 is 0 Å². The van der Waals surface area contributed by atoms with Crippen LogP contribution < -0.4 is 0 Å². The van der Waals surface area contributed by atoms with Crippen molar-refractivity contribution >= 4 is 17.8 Å². The number of carboxylic acids is 1. The fraction of sp³-hybridized carbons (Fsp3) is 0.615. The standard InChI is InChI=1S/C13H19NO5/c1-14(8-7-11(15)19-2)12(16)9-5-3-4-6-10(9)13(17)18/h3-4,9-10H,5-8H2,1-2H3,(H,17,18)/t9-,10+/m1/s1. The second-order valence-corrected chi connectivity index (χ2v) is 4.58. The highest BCUT2D eigenvalue weighted by molar-refractivity contribution is 5.85. The van der Waals surface area contributed by atoms with Crippen molar-refractivity contribution in [2.75, 3.05) is 20.7 Å². The number of methoxy groups -OCH3 is 1. The lowest BCUT2D eigenvalue weighted by Gasteiger charge is -2.28. The van der Waals surface area contributed by atoms with Gasteiger partial charge in [-0.3, -0.25) is 14.4 Å². The van der Waals surface area contributed by atoms with Gasteiger partial charge in [-0.2, -0.15) is 0 Å². The Hall–Kier alpha value is -1.85. The number of carbonyl (C=O) groups excluding carboxylic acids is 2. The van der Waals surface area contributed by atoms with Crippen molar-refractivity contribution < 1.29 is 24.2 Å². The molecule has 0 unspecified atom stereocenters. The van der Waals surface area contributed by atoms with E-state index in [1.165, 1.54) is 12.0 Å². The van der Waals surface area contributed by atoms with Crippen LogP contribution in [0, 0.1) is 11.8 Å². The summed E-state index contributed by atoms with van der Waals surface area (Å²) in [7, 11) is 2.86. The maximum absolute atomic E-state index is 12.2. The van der Waals surface area contributed by atoms with E-state index in [0.29, 0.717) is 12.8 Å². The van der Waals surface area contributed by atoms with E-state index in [0.717, 1.165) is 0 Å². The minimum absolute atomic E-state index is 0.110. The van der Waals surface area contributed by atoms with E-state index in [9.17, 15) is 14.4 Å². The third kappa shape index (κ3) is 4.08. The van der Waals surface area contributed by atoms with Crippen LogP contribution in [0.5, 0.6) is 0 Å². The van der Waals surface area contributed by atoms with E-state index in [1.54, 1.807) is 13.1 Å². The second-order valence-electron chi connectivity index (χ2n) is 4.58. The van der Waals surface area contributed by atoms with Crippen LogP contribution in [-0.2, 0) is 19.1 Å². The van der Waals surface area contributed by atoms with Gasteiger partial charge in [0.25, 0.3) is 0 Å². The number of nitrogens with zero attached hydrogens (tertiary/aromatic N) is 1. The number of carboxylic acid groups (broad SMARTS) is 1. The van der Waals surface area contributed by atoms with Gasteiger partial charge in [0.2, 0.25) is 5.91 Å². The van der Waals surface area contributed by atoms with Gasteiger partial charge in [-0.25, -0.2) is 0 Å². The van der Waals surface area contributed by atoms with E-state index < -0.39 is 23.8 Å². The van der Waals surface area contributed by atoms with Gasteiger partial charge >= 0.3 is 11.9 Å². The Morgan fingerprint density at radius 2 is 1.84 bits per heavy atom. The van der Waals surface area contributed by atoms with Gasteiger partial charge in [0.15, 0.2) is 0 Å². The Balaban J connectivity index is 2.61. The predicted octanol–water partition coefficient (Wildman–Crippen LogP) is 0.675. The molecule has 1 aliphatic carbocycles. The summed E-state index contributed by atoms with van der Waals surface area (Å²) in [5.74, 6) is -2.81. The molecule has 0 saturated heterocycles. The fourth-order valence-corrected chi connectivity index (χ4v) is 2.11. The van der Waals surface area contributed by atoms with Crippen LogP contribution in [0.1, 0.15) is 19.3 Å². The summed E-state index contributed by atoms with van der Waals surface area (Å²) < 4.78 is 4.50. The molecule has 0 bridgehead atoms. The molecular weight excluding hydrogens is 250 g/mol. The minimum Gasteiger partial charge on any atom is -0.481 e. The lowest BCUT2D eigenvalue weighted by atomic mass is 9.82. The van der Waals surface area contributed by atoms with E-state index in [4.69, 9.17) is 5.11 Å². The molecule has 1 aliphatic rings. The third-order valence-corrected chi connectivity index (χ3v) is 3.32. The number of esters is 1. The van der Waals surface area contributed by atoms with Crippen molar-refractivity contribution in [3.8, 4) is 0 Å². The fourth-order valence-electron chi connectivity index (χ4n) is 2.11. The zero-order chi connectivity index (χ0) is 14.4. The Kier molecular flexibility index (Phi) is 5.54. The minimum atomic E-state index is -0.955. The van der Waals surface area contributed by atoms with Crippen LogP contribution in [0.25, 0.3) is 0 Å². The quantitative estimate of drug-likeness (QED) is 0.586. The van der Waals surface area contributed by atoms with Gasteiger partial charge in [-0.15, -0.1) is 0 Å². The number of aliphatic carboxylic acids is 1. The van der Waals surface area contributed by atoms with Crippen molar-refractivity contribution in [2.24, 2.45) is 11.8 Å². The number of carbonyl (C=O) groups is 3. The van der Waals surface area contributed by atoms with Crippen LogP contribution in [0.4, 0.5) is 0 Å². The Morgan fingerprint density at radius 3 is 2.37 bits per heavy atom. The average molecular weight is 269 g/mol. The topological polar surface area (TPSA) is 83.9 Å². The number of amides is 1. The van der Waals surface area contributed by atoms with Crippen LogP contribution in [0.3, 0.4) is 0 Å². The third-order valence-electron chi connectivity index (χ3n) is 3.32. The molecule has 0 saturated carbocycles. The maximum atomic E-state index is 12.2. The van der Waals surface area contributed by atoms with Gasteiger partial charge in [-0.05, 0) is 12.8 Å². The van der Waals surface area contributed by atoms with E-state index in [-0.39, 0.29) is 18.9 Å². The average Bonchev–Trinajstić information content (AvgIpc) is 2.43. The van der Waals surface area contributed by atoms with Gasteiger partial charge in [0, 0.05) is 13.6 Å². The summed E-state index contributed by atoms with van der Waals surface area (Å²) in [6.45, 7) is 0.234. The largest absolute Gasteiger partial charge is 0.481 e. The van der Waals surface area contributed by atoms with Crippen molar-refractivity contribution in [1.29, 1.82) is 0 Å². The predicted molar refractivity (Wildman–Crippen MR) is 67.3 cm³/mol. The lowest BCUT2D eigenvalue weighted by molar-refractivity contribution is -0.150. The number of ether oxygens (including phenoxy) is 1. The molecule has 0 aromatic rings. The highest BCUT2D eigenvalue weighted by Gasteiger charge is 2.35. The molecule has 0 radical (unpaired) electrons. The van der Waals surface area contributed by atoms with Crippen molar-refractivity contribution in [1.82, 2.24) is 4.90 Å². The van der Waals surface area contributed by atoms with Crippen LogP contribution in [0.2, 0.25) is 0 Å². The first-order valence-electron chi connectivity index (χ1n) is 6.17. The molecule has 1 amide bonds. The molecule has 1 N–H and O–H groups in total. The second kappa shape index (κ2) is 6.92. The molecule has 19 heavy (non-hydrogen) atoms. The Labute approximate surface area is 112 Å². The zero-order valence-electron chi connectivity index (χ0n) is 11.2. The number of hydrogen-bond acceptors (Lipinski definition) is 4. The van der Waals surface area contributed by atoms with Crippen LogP contribution in [0.15, 0.2) is 12.2 Å². The summed E-state index contributed by atoms with van der Waals surface area (Å²) in [6.07, 6.45) is 4.53. The Bertz CT molecular complexity index is 390. The molecule has 0 heterocycles. The van der Waals surface area contributed by atoms with Gasteiger partial charge < -0.3 is 14.7 Å². The molecule has 0 aliphatic heterocycles. The summed E-state index contributed by atoms with van der Waals surface area (Å²) >= 11 is 0. The molecule has 0 aromatic carbocycles. The molecule has 1 rings (SSSR count). The molecule has 6 heteroatoms. The van der Waals surface area contributed by atoms with E-state index in [2.05, 4.69) is 4.74 Å². The van der Waals surface area contributed by atoms with E-state index in [1.807, 2.05) is 6.08 Å². The van der Waals surface area contributed by atoms with Gasteiger partial charge in [0.05, 0.1) is 25.4 Å². The highest BCUT2D eigenvalue weighted by atomic mass is 16.5.